The molecule has 0 aromatic carbocycles. The second kappa shape index (κ2) is 5.55. The molecule has 1 N–H and O–H groups in total. The Balaban J connectivity index is 0.000000845. The molecular formula is C10H22Cl2N2. The highest BCUT2D eigenvalue weighted by atomic mass is 35.5. The summed E-state index contributed by atoms with van der Waals surface area (Å²) in [4.78, 5) is 2.67. The van der Waals surface area contributed by atoms with E-state index >= 15 is 0 Å². The molecule has 4 heteroatoms. The summed E-state index contributed by atoms with van der Waals surface area (Å²) in [6.07, 6.45) is 4.33. The highest BCUT2D eigenvalue weighted by Gasteiger charge is 2.32. The van der Waals surface area contributed by atoms with Crippen LogP contribution in [0.25, 0.3) is 0 Å². The van der Waals surface area contributed by atoms with Crippen molar-refractivity contribution < 1.29 is 0 Å². The van der Waals surface area contributed by atoms with Crippen LogP contribution in [0.3, 0.4) is 0 Å². The number of piperazine rings is 1. The molecule has 2 nitrogen and oxygen atoms in total. The maximum atomic E-state index is 3.55. The Labute approximate surface area is 99.6 Å². The molecule has 0 radical (unpaired) electrons. The van der Waals surface area contributed by atoms with E-state index in [1.807, 2.05) is 0 Å². The van der Waals surface area contributed by atoms with Crippen LogP contribution in [0.15, 0.2) is 0 Å². The van der Waals surface area contributed by atoms with Gasteiger partial charge in [0.2, 0.25) is 0 Å². The smallest absolute Gasteiger partial charge is 0.0252 e. The molecule has 1 saturated heterocycles. The first-order chi connectivity index (χ1) is 5.67. The van der Waals surface area contributed by atoms with Crippen LogP contribution in [0.1, 0.15) is 33.1 Å². The summed E-state index contributed by atoms with van der Waals surface area (Å²) in [7, 11) is 0. The Morgan fingerprint density at radius 1 is 1.21 bits per heavy atom. The lowest BCUT2D eigenvalue weighted by Crippen LogP contribution is -2.60. The number of hydrogen-bond acceptors (Lipinski definition) is 2. The molecule has 2 aliphatic rings. The number of nitrogens with one attached hydrogen (secondary N) is 1. The lowest BCUT2D eigenvalue weighted by Gasteiger charge is -2.46. The van der Waals surface area contributed by atoms with Gasteiger partial charge in [-0.15, -0.1) is 24.8 Å². The Morgan fingerprint density at radius 2 is 1.86 bits per heavy atom. The fraction of sp³-hybridized carbons (Fsp3) is 1.00. The van der Waals surface area contributed by atoms with Crippen LogP contribution in [0, 0.1) is 0 Å². The normalized spacial score (nSPS) is 27.0. The van der Waals surface area contributed by atoms with E-state index in [-0.39, 0.29) is 24.8 Å². The molecule has 1 saturated carbocycles. The summed E-state index contributed by atoms with van der Waals surface area (Å²) in [6, 6.07) is 0.923. The first-order valence-electron chi connectivity index (χ1n) is 5.16. The third kappa shape index (κ3) is 3.27. The van der Waals surface area contributed by atoms with Crippen LogP contribution in [-0.2, 0) is 0 Å². The second-order valence-electron chi connectivity index (χ2n) is 4.87. The largest absolute Gasteiger partial charge is 0.309 e. The quantitative estimate of drug-likeness (QED) is 0.756. The van der Waals surface area contributed by atoms with Crippen LogP contribution in [-0.4, -0.2) is 36.1 Å². The number of rotatable bonds is 1. The molecule has 1 heterocycles. The van der Waals surface area contributed by atoms with Gasteiger partial charge in [-0.3, -0.25) is 4.90 Å². The summed E-state index contributed by atoms with van der Waals surface area (Å²) in [5.74, 6) is 0. The van der Waals surface area contributed by atoms with Crippen LogP contribution >= 0.6 is 24.8 Å². The fourth-order valence-electron chi connectivity index (χ4n) is 2.24. The van der Waals surface area contributed by atoms with Gasteiger partial charge in [0.25, 0.3) is 0 Å². The highest BCUT2D eigenvalue weighted by molar-refractivity contribution is 5.85. The second-order valence-corrected chi connectivity index (χ2v) is 4.87. The maximum Gasteiger partial charge on any atom is 0.0252 e. The molecule has 0 aromatic rings. The highest BCUT2D eigenvalue weighted by Crippen LogP contribution is 2.26. The van der Waals surface area contributed by atoms with E-state index in [2.05, 4.69) is 24.1 Å². The maximum absolute atomic E-state index is 3.55. The molecule has 0 aromatic heterocycles. The third-order valence-corrected chi connectivity index (χ3v) is 3.19. The third-order valence-electron chi connectivity index (χ3n) is 3.19. The minimum atomic E-state index is 0. The van der Waals surface area contributed by atoms with E-state index in [4.69, 9.17) is 0 Å². The summed E-state index contributed by atoms with van der Waals surface area (Å²) >= 11 is 0. The van der Waals surface area contributed by atoms with Gasteiger partial charge in [-0.05, 0) is 26.7 Å². The van der Waals surface area contributed by atoms with Gasteiger partial charge in [-0.25, -0.2) is 0 Å². The first-order valence-corrected chi connectivity index (χ1v) is 5.16. The molecular weight excluding hydrogens is 219 g/mol. The molecule has 0 amide bonds. The molecule has 0 spiro atoms. The monoisotopic (exact) mass is 240 g/mol. The van der Waals surface area contributed by atoms with Gasteiger partial charge >= 0.3 is 0 Å². The predicted molar refractivity (Wildman–Crippen MR) is 65.8 cm³/mol. The Kier molecular flexibility index (Phi) is 5.75. The number of nitrogens with zero attached hydrogens (tertiary/aromatic N) is 1. The minimum Gasteiger partial charge on any atom is -0.309 e. The van der Waals surface area contributed by atoms with Crippen molar-refractivity contribution >= 4 is 24.8 Å². The van der Waals surface area contributed by atoms with Crippen LogP contribution in [0.4, 0.5) is 0 Å². The molecule has 1 aliphatic carbocycles. The topological polar surface area (TPSA) is 15.3 Å². The average molecular weight is 241 g/mol. The SMILES string of the molecule is CC1(C)CN(C2CCC2)CCN1.Cl.Cl. The Morgan fingerprint density at radius 3 is 2.29 bits per heavy atom. The minimum absolute atomic E-state index is 0. The van der Waals surface area contributed by atoms with E-state index in [0.717, 1.165) is 6.04 Å². The molecule has 2 rings (SSSR count). The van der Waals surface area contributed by atoms with Crippen LogP contribution in [0.5, 0.6) is 0 Å². The average Bonchev–Trinajstić information content (AvgIpc) is 1.80. The van der Waals surface area contributed by atoms with E-state index in [9.17, 15) is 0 Å². The van der Waals surface area contributed by atoms with Gasteiger partial charge in [0.15, 0.2) is 0 Å². The van der Waals surface area contributed by atoms with E-state index in [0.29, 0.717) is 5.54 Å². The summed E-state index contributed by atoms with van der Waals surface area (Å²) in [5.41, 5.74) is 0.341. The summed E-state index contributed by atoms with van der Waals surface area (Å²) < 4.78 is 0. The molecule has 1 aliphatic heterocycles. The molecule has 0 atom stereocenters. The predicted octanol–water partition coefficient (Wildman–Crippen LogP) is 2.07. The van der Waals surface area contributed by atoms with E-state index in [1.54, 1.807) is 0 Å². The van der Waals surface area contributed by atoms with Crippen LogP contribution < -0.4 is 5.32 Å². The zero-order chi connectivity index (χ0) is 8.60. The number of hydrogen-bond donors (Lipinski definition) is 1. The van der Waals surface area contributed by atoms with Crippen molar-refractivity contribution in [3.05, 3.63) is 0 Å². The van der Waals surface area contributed by atoms with Crippen molar-refractivity contribution in [1.29, 1.82) is 0 Å². The van der Waals surface area contributed by atoms with Crippen LogP contribution in [0.2, 0.25) is 0 Å². The van der Waals surface area contributed by atoms with E-state index in [1.165, 1.54) is 38.9 Å². The number of halogens is 2. The van der Waals surface area contributed by atoms with Gasteiger partial charge in [0.1, 0.15) is 0 Å². The lowest BCUT2D eigenvalue weighted by molar-refractivity contribution is 0.0681. The van der Waals surface area contributed by atoms with Crippen molar-refractivity contribution in [2.45, 2.75) is 44.7 Å². The van der Waals surface area contributed by atoms with Gasteiger partial charge in [-0.1, -0.05) is 6.42 Å². The Hall–Kier alpha value is 0.500. The van der Waals surface area contributed by atoms with E-state index < -0.39 is 0 Å². The molecule has 14 heavy (non-hydrogen) atoms. The Bertz CT molecular complexity index is 170. The molecule has 0 unspecified atom stereocenters. The molecule has 2 fully saturated rings. The van der Waals surface area contributed by atoms with Crippen molar-refractivity contribution in [2.24, 2.45) is 0 Å². The van der Waals surface area contributed by atoms with Crippen molar-refractivity contribution in [1.82, 2.24) is 10.2 Å². The van der Waals surface area contributed by atoms with Crippen molar-refractivity contribution in [2.75, 3.05) is 19.6 Å². The zero-order valence-corrected chi connectivity index (χ0v) is 10.7. The summed E-state index contributed by atoms with van der Waals surface area (Å²) in [6.45, 7) is 8.27. The fourth-order valence-corrected chi connectivity index (χ4v) is 2.24. The van der Waals surface area contributed by atoms with Gasteiger partial charge < -0.3 is 5.32 Å². The first kappa shape index (κ1) is 14.5. The lowest BCUT2D eigenvalue weighted by atomic mass is 9.89. The molecule has 0 bridgehead atoms. The standard InChI is InChI=1S/C10H20N2.2ClH/c1-10(2)8-12(7-6-11-10)9-4-3-5-9;;/h9,11H,3-8H2,1-2H3;2*1H. The summed E-state index contributed by atoms with van der Waals surface area (Å²) in [5, 5.41) is 3.55. The van der Waals surface area contributed by atoms with Gasteiger partial charge in [0, 0.05) is 31.2 Å². The van der Waals surface area contributed by atoms with Crippen molar-refractivity contribution in [3.63, 3.8) is 0 Å². The molecule has 86 valence electrons. The zero-order valence-electron chi connectivity index (χ0n) is 9.08. The van der Waals surface area contributed by atoms with Gasteiger partial charge in [0.05, 0.1) is 0 Å². The van der Waals surface area contributed by atoms with Crippen molar-refractivity contribution in [3.8, 4) is 0 Å². The van der Waals surface area contributed by atoms with Gasteiger partial charge in [-0.2, -0.15) is 0 Å².